The lowest BCUT2D eigenvalue weighted by atomic mass is 10.2. The summed E-state index contributed by atoms with van der Waals surface area (Å²) in [4.78, 5) is 11.8. The molecule has 20 heavy (non-hydrogen) atoms. The molecule has 0 bridgehead atoms. The Morgan fingerprint density at radius 1 is 1.40 bits per heavy atom. The molecule has 112 valence electrons. The van der Waals surface area contributed by atoms with E-state index in [4.69, 9.17) is 5.73 Å². The van der Waals surface area contributed by atoms with Crippen LogP contribution < -0.4 is 15.8 Å². The topological polar surface area (TPSA) is 101 Å². The van der Waals surface area contributed by atoms with Crippen molar-refractivity contribution in [3.63, 3.8) is 0 Å². The van der Waals surface area contributed by atoms with Gasteiger partial charge in [0.05, 0.1) is 10.9 Å². The van der Waals surface area contributed by atoms with Crippen LogP contribution in [0.2, 0.25) is 0 Å². The van der Waals surface area contributed by atoms with Crippen LogP contribution in [0, 0.1) is 6.92 Å². The van der Waals surface area contributed by atoms with Crippen molar-refractivity contribution >= 4 is 21.6 Å². The zero-order valence-corrected chi connectivity index (χ0v) is 12.8. The summed E-state index contributed by atoms with van der Waals surface area (Å²) in [6.07, 6.45) is 0.791. The number of anilines is 1. The predicted octanol–water partition coefficient (Wildman–Crippen LogP) is 0.770. The minimum Gasteiger partial charge on any atom is -0.399 e. The molecule has 1 aromatic carbocycles. The van der Waals surface area contributed by atoms with E-state index >= 15 is 0 Å². The second-order valence-corrected chi connectivity index (χ2v) is 6.34. The molecule has 4 N–H and O–H groups in total. The highest BCUT2D eigenvalue weighted by atomic mass is 32.2. The van der Waals surface area contributed by atoms with Crippen LogP contribution in [0.3, 0.4) is 0 Å². The first kappa shape index (κ1) is 16.5. The number of sulfonamides is 1. The Morgan fingerprint density at radius 3 is 2.65 bits per heavy atom. The summed E-state index contributed by atoms with van der Waals surface area (Å²) in [5.41, 5.74) is 6.55. The molecule has 1 unspecified atom stereocenters. The molecule has 0 aliphatic rings. The third-order valence-electron chi connectivity index (χ3n) is 2.78. The smallest absolute Gasteiger partial charge is 0.241 e. The molecule has 6 nitrogen and oxygen atoms in total. The van der Waals surface area contributed by atoms with Crippen LogP contribution >= 0.6 is 0 Å². The zero-order chi connectivity index (χ0) is 15.3. The van der Waals surface area contributed by atoms with Gasteiger partial charge in [0, 0.05) is 12.2 Å². The van der Waals surface area contributed by atoms with Gasteiger partial charge in [-0.3, -0.25) is 4.79 Å². The summed E-state index contributed by atoms with van der Waals surface area (Å²) in [6, 6.07) is 3.80. The first-order chi connectivity index (χ1) is 9.27. The molecule has 1 aromatic rings. The molecule has 1 rings (SSSR count). The van der Waals surface area contributed by atoms with E-state index < -0.39 is 16.1 Å². The van der Waals surface area contributed by atoms with Gasteiger partial charge in [-0.05, 0) is 38.0 Å². The standard InChI is InChI=1S/C13H21N3O3S/c1-4-7-15-13(17)10(3)16-20(18,19)12-8-11(14)6-5-9(12)2/h5-6,8,10,16H,4,7,14H2,1-3H3,(H,15,17). The van der Waals surface area contributed by atoms with Gasteiger partial charge in [-0.2, -0.15) is 4.72 Å². The number of nitrogens with one attached hydrogen (secondary N) is 2. The number of carbonyl (C=O) groups is 1. The normalized spacial score (nSPS) is 12.9. The number of hydrogen-bond acceptors (Lipinski definition) is 4. The fraction of sp³-hybridized carbons (Fsp3) is 0.462. The van der Waals surface area contributed by atoms with Gasteiger partial charge in [0.25, 0.3) is 0 Å². The maximum absolute atomic E-state index is 12.2. The Bertz CT molecular complexity index is 585. The third-order valence-corrected chi connectivity index (χ3v) is 4.46. The van der Waals surface area contributed by atoms with E-state index in [2.05, 4.69) is 10.0 Å². The van der Waals surface area contributed by atoms with Gasteiger partial charge in [0.2, 0.25) is 15.9 Å². The number of carbonyl (C=O) groups excluding carboxylic acids is 1. The van der Waals surface area contributed by atoms with Crippen LogP contribution in [0.1, 0.15) is 25.8 Å². The Labute approximate surface area is 119 Å². The average Bonchev–Trinajstić information content (AvgIpc) is 2.38. The SMILES string of the molecule is CCCNC(=O)C(C)NS(=O)(=O)c1cc(N)ccc1C. The molecule has 0 aliphatic carbocycles. The van der Waals surface area contributed by atoms with Crippen LogP contribution in [-0.4, -0.2) is 26.9 Å². The Balaban J connectivity index is 2.89. The third kappa shape index (κ3) is 4.21. The predicted molar refractivity (Wildman–Crippen MR) is 78.7 cm³/mol. The lowest BCUT2D eigenvalue weighted by Crippen LogP contribution is -2.45. The van der Waals surface area contributed by atoms with Crippen molar-refractivity contribution in [2.75, 3.05) is 12.3 Å². The summed E-state index contributed by atoms with van der Waals surface area (Å²) < 4.78 is 26.8. The van der Waals surface area contributed by atoms with Gasteiger partial charge in [-0.15, -0.1) is 0 Å². The monoisotopic (exact) mass is 299 g/mol. The van der Waals surface area contributed by atoms with Crippen molar-refractivity contribution in [2.24, 2.45) is 0 Å². The number of hydrogen-bond donors (Lipinski definition) is 3. The summed E-state index contributed by atoms with van der Waals surface area (Å²) >= 11 is 0. The van der Waals surface area contributed by atoms with Crippen molar-refractivity contribution in [2.45, 2.75) is 38.1 Å². The van der Waals surface area contributed by atoms with Gasteiger partial charge < -0.3 is 11.1 Å². The molecular formula is C13H21N3O3S. The number of rotatable bonds is 6. The van der Waals surface area contributed by atoms with E-state index in [1.807, 2.05) is 6.92 Å². The van der Waals surface area contributed by atoms with Gasteiger partial charge in [0.15, 0.2) is 0 Å². The molecule has 7 heteroatoms. The number of benzene rings is 1. The molecule has 0 radical (unpaired) electrons. The minimum atomic E-state index is -3.77. The van der Waals surface area contributed by atoms with Gasteiger partial charge in [0.1, 0.15) is 0 Å². The van der Waals surface area contributed by atoms with Crippen molar-refractivity contribution in [1.29, 1.82) is 0 Å². The number of amides is 1. The van der Waals surface area contributed by atoms with Crippen molar-refractivity contribution < 1.29 is 13.2 Å². The molecular weight excluding hydrogens is 278 g/mol. The van der Waals surface area contributed by atoms with Crippen molar-refractivity contribution in [1.82, 2.24) is 10.0 Å². The summed E-state index contributed by atoms with van der Waals surface area (Å²) in [7, 11) is -3.77. The van der Waals surface area contributed by atoms with Gasteiger partial charge in [-0.25, -0.2) is 8.42 Å². The lowest BCUT2D eigenvalue weighted by molar-refractivity contribution is -0.122. The minimum absolute atomic E-state index is 0.0904. The number of nitrogen functional groups attached to an aromatic ring is 1. The molecule has 0 fully saturated rings. The van der Waals surface area contributed by atoms with E-state index in [1.54, 1.807) is 19.1 Å². The first-order valence-corrected chi connectivity index (χ1v) is 7.92. The summed E-state index contributed by atoms with van der Waals surface area (Å²) in [6.45, 7) is 5.62. The quantitative estimate of drug-likeness (QED) is 0.675. The molecule has 0 saturated carbocycles. The molecule has 0 aliphatic heterocycles. The molecule has 1 atom stereocenters. The maximum Gasteiger partial charge on any atom is 0.241 e. The second-order valence-electron chi connectivity index (χ2n) is 4.66. The van der Waals surface area contributed by atoms with E-state index in [0.717, 1.165) is 6.42 Å². The number of aryl methyl sites for hydroxylation is 1. The van der Waals surface area contributed by atoms with Gasteiger partial charge >= 0.3 is 0 Å². The van der Waals surface area contributed by atoms with Crippen LogP contribution in [-0.2, 0) is 14.8 Å². The number of nitrogens with two attached hydrogens (primary N) is 1. The largest absolute Gasteiger partial charge is 0.399 e. The molecule has 0 spiro atoms. The van der Waals surface area contributed by atoms with E-state index in [0.29, 0.717) is 17.8 Å². The fourth-order valence-corrected chi connectivity index (χ4v) is 3.14. The zero-order valence-electron chi connectivity index (χ0n) is 11.9. The summed E-state index contributed by atoms with van der Waals surface area (Å²) in [5, 5.41) is 2.64. The Morgan fingerprint density at radius 2 is 2.05 bits per heavy atom. The molecule has 1 amide bonds. The Hall–Kier alpha value is -1.60. The van der Waals surface area contributed by atoms with E-state index in [1.165, 1.54) is 13.0 Å². The van der Waals surface area contributed by atoms with E-state index in [9.17, 15) is 13.2 Å². The van der Waals surface area contributed by atoms with E-state index in [-0.39, 0.29) is 10.8 Å². The average molecular weight is 299 g/mol. The van der Waals surface area contributed by atoms with Crippen LogP contribution in [0.15, 0.2) is 23.1 Å². The van der Waals surface area contributed by atoms with Crippen molar-refractivity contribution in [3.8, 4) is 0 Å². The fourth-order valence-electron chi connectivity index (χ4n) is 1.66. The van der Waals surface area contributed by atoms with Gasteiger partial charge in [-0.1, -0.05) is 13.0 Å². The highest BCUT2D eigenvalue weighted by molar-refractivity contribution is 7.89. The molecule has 0 aromatic heterocycles. The first-order valence-electron chi connectivity index (χ1n) is 6.44. The molecule has 0 saturated heterocycles. The molecule has 0 heterocycles. The maximum atomic E-state index is 12.2. The van der Waals surface area contributed by atoms with Crippen LogP contribution in [0.4, 0.5) is 5.69 Å². The highest BCUT2D eigenvalue weighted by Crippen LogP contribution is 2.18. The van der Waals surface area contributed by atoms with Crippen molar-refractivity contribution in [3.05, 3.63) is 23.8 Å². The van der Waals surface area contributed by atoms with Crippen LogP contribution in [0.5, 0.6) is 0 Å². The summed E-state index contributed by atoms with van der Waals surface area (Å²) in [5.74, 6) is -0.350. The second kappa shape index (κ2) is 6.71. The Kier molecular flexibility index (Phi) is 5.52. The highest BCUT2D eigenvalue weighted by Gasteiger charge is 2.23. The lowest BCUT2D eigenvalue weighted by Gasteiger charge is -2.15. The van der Waals surface area contributed by atoms with Crippen LogP contribution in [0.25, 0.3) is 0 Å².